The quantitative estimate of drug-likeness (QED) is 0.878. The summed E-state index contributed by atoms with van der Waals surface area (Å²) >= 11 is 1.65. The highest BCUT2D eigenvalue weighted by molar-refractivity contribution is 7.16. The van der Waals surface area contributed by atoms with Gasteiger partial charge in [-0.3, -0.25) is 0 Å². The van der Waals surface area contributed by atoms with Crippen molar-refractivity contribution in [3.63, 3.8) is 0 Å². The second kappa shape index (κ2) is 4.37. The van der Waals surface area contributed by atoms with Crippen LogP contribution in [0.15, 0.2) is 17.8 Å². The van der Waals surface area contributed by atoms with E-state index in [-0.39, 0.29) is 5.54 Å². The smallest absolute Gasteiger partial charge is 0.138 e. The lowest BCUT2D eigenvalue weighted by molar-refractivity contribution is 0.509. The molecule has 0 spiro atoms. The highest BCUT2D eigenvalue weighted by Crippen LogP contribution is 2.27. The minimum atomic E-state index is 0.0813. The van der Waals surface area contributed by atoms with Gasteiger partial charge in [-0.2, -0.15) is 0 Å². The highest BCUT2D eigenvalue weighted by Gasteiger charge is 2.18. The molecule has 3 nitrogen and oxygen atoms in total. The first-order valence-corrected chi connectivity index (χ1v) is 6.47. The van der Waals surface area contributed by atoms with Crippen molar-refractivity contribution in [3.8, 4) is 0 Å². The van der Waals surface area contributed by atoms with Crippen LogP contribution >= 0.6 is 11.3 Å². The fourth-order valence-corrected chi connectivity index (χ4v) is 2.63. The molecule has 0 fully saturated rings. The Balaban J connectivity index is 2.30. The highest BCUT2D eigenvalue weighted by atomic mass is 32.1. The minimum Gasteiger partial charge on any atom is -0.365 e. The van der Waals surface area contributed by atoms with E-state index in [0.717, 1.165) is 28.9 Å². The third-order valence-electron chi connectivity index (χ3n) is 2.59. The van der Waals surface area contributed by atoms with E-state index in [9.17, 15) is 0 Å². The molecule has 2 rings (SSSR count). The van der Waals surface area contributed by atoms with Gasteiger partial charge in [0.2, 0.25) is 0 Å². The lowest BCUT2D eigenvalue weighted by Gasteiger charge is -2.26. The van der Waals surface area contributed by atoms with E-state index < -0.39 is 0 Å². The number of hydrogen-bond acceptors (Lipinski definition) is 4. The normalized spacial score (nSPS) is 11.9. The summed E-state index contributed by atoms with van der Waals surface area (Å²) in [5, 5.41) is 6.68. The minimum absolute atomic E-state index is 0.0813. The Hall–Kier alpha value is -1.16. The molecule has 0 aromatic carbocycles. The summed E-state index contributed by atoms with van der Waals surface area (Å²) in [6, 6.07) is 2.07. The molecule has 2 aromatic heterocycles. The Morgan fingerprint density at radius 3 is 2.94 bits per heavy atom. The second-order valence-electron chi connectivity index (χ2n) is 4.62. The van der Waals surface area contributed by atoms with Crippen molar-refractivity contribution >= 4 is 27.4 Å². The van der Waals surface area contributed by atoms with Crippen LogP contribution in [-0.2, 0) is 0 Å². The summed E-state index contributed by atoms with van der Waals surface area (Å²) in [4.78, 5) is 9.62. The second-order valence-corrected chi connectivity index (χ2v) is 5.52. The first-order chi connectivity index (χ1) is 7.62. The van der Waals surface area contributed by atoms with Crippen molar-refractivity contribution in [3.05, 3.63) is 17.8 Å². The average molecular weight is 235 g/mol. The summed E-state index contributed by atoms with van der Waals surface area (Å²) in [5.41, 5.74) is 0.0813. The molecular weight excluding hydrogens is 218 g/mol. The number of fused-ring (bicyclic) bond motifs is 1. The number of thiophene rings is 1. The number of hydrogen-bond donors (Lipinski definition) is 1. The third-order valence-corrected chi connectivity index (χ3v) is 3.41. The van der Waals surface area contributed by atoms with Crippen molar-refractivity contribution in [2.75, 3.05) is 5.32 Å². The molecule has 2 heterocycles. The number of aromatic nitrogens is 2. The van der Waals surface area contributed by atoms with Crippen LogP contribution < -0.4 is 5.32 Å². The molecule has 4 heteroatoms. The molecule has 0 saturated carbocycles. The Labute approximate surface area is 99.9 Å². The van der Waals surface area contributed by atoms with Crippen molar-refractivity contribution in [2.45, 2.75) is 39.2 Å². The zero-order chi connectivity index (χ0) is 11.6. The van der Waals surface area contributed by atoms with Crippen LogP contribution in [0.4, 0.5) is 5.82 Å². The van der Waals surface area contributed by atoms with E-state index in [4.69, 9.17) is 0 Å². The van der Waals surface area contributed by atoms with Crippen molar-refractivity contribution in [2.24, 2.45) is 0 Å². The summed E-state index contributed by atoms with van der Waals surface area (Å²) in [5.74, 6) is 0.949. The Morgan fingerprint density at radius 2 is 2.19 bits per heavy atom. The number of rotatable bonds is 4. The topological polar surface area (TPSA) is 37.8 Å². The molecule has 0 saturated heterocycles. The number of nitrogens with one attached hydrogen (secondary N) is 1. The monoisotopic (exact) mass is 235 g/mol. The molecule has 0 unspecified atom stereocenters. The largest absolute Gasteiger partial charge is 0.365 e. The maximum absolute atomic E-state index is 4.33. The molecular formula is C12H17N3S. The molecule has 86 valence electrons. The molecule has 2 aromatic rings. The van der Waals surface area contributed by atoms with E-state index in [1.165, 1.54) is 0 Å². The van der Waals surface area contributed by atoms with Gasteiger partial charge in [0.1, 0.15) is 17.0 Å². The van der Waals surface area contributed by atoms with E-state index in [1.807, 2.05) is 0 Å². The first kappa shape index (κ1) is 11.3. The van der Waals surface area contributed by atoms with Gasteiger partial charge in [-0.1, -0.05) is 13.3 Å². The van der Waals surface area contributed by atoms with Crippen LogP contribution in [0.3, 0.4) is 0 Å². The number of anilines is 1. The molecule has 0 amide bonds. The molecule has 0 aliphatic carbocycles. The summed E-state index contributed by atoms with van der Waals surface area (Å²) in [6.07, 6.45) is 3.92. The van der Waals surface area contributed by atoms with Gasteiger partial charge in [-0.25, -0.2) is 9.97 Å². The van der Waals surface area contributed by atoms with Gasteiger partial charge in [0.05, 0.1) is 5.39 Å². The fraction of sp³-hybridized carbons (Fsp3) is 0.500. The predicted octanol–water partition coefficient (Wildman–Crippen LogP) is 3.68. The lowest BCUT2D eigenvalue weighted by Crippen LogP contribution is -2.31. The molecule has 16 heavy (non-hydrogen) atoms. The molecule has 0 bridgehead atoms. The van der Waals surface area contributed by atoms with E-state index in [2.05, 4.69) is 47.5 Å². The summed E-state index contributed by atoms with van der Waals surface area (Å²) < 4.78 is 0. The van der Waals surface area contributed by atoms with Gasteiger partial charge < -0.3 is 5.32 Å². The van der Waals surface area contributed by atoms with E-state index >= 15 is 0 Å². The van der Waals surface area contributed by atoms with E-state index in [0.29, 0.717) is 0 Å². The van der Waals surface area contributed by atoms with Gasteiger partial charge in [0, 0.05) is 5.54 Å². The van der Waals surface area contributed by atoms with Crippen LogP contribution in [0.5, 0.6) is 0 Å². The van der Waals surface area contributed by atoms with Crippen molar-refractivity contribution in [1.82, 2.24) is 9.97 Å². The van der Waals surface area contributed by atoms with Gasteiger partial charge >= 0.3 is 0 Å². The van der Waals surface area contributed by atoms with Crippen LogP contribution in [0.1, 0.15) is 33.6 Å². The predicted molar refractivity (Wildman–Crippen MR) is 70.0 cm³/mol. The average Bonchev–Trinajstić information content (AvgIpc) is 2.65. The Bertz CT molecular complexity index is 476. The fourth-order valence-electron chi connectivity index (χ4n) is 1.90. The van der Waals surface area contributed by atoms with Gasteiger partial charge in [0.15, 0.2) is 0 Å². The van der Waals surface area contributed by atoms with Crippen LogP contribution in [0.2, 0.25) is 0 Å². The zero-order valence-electron chi connectivity index (χ0n) is 9.95. The lowest BCUT2D eigenvalue weighted by atomic mass is 9.99. The summed E-state index contributed by atoms with van der Waals surface area (Å²) in [6.45, 7) is 6.61. The molecule has 0 aliphatic rings. The maximum Gasteiger partial charge on any atom is 0.138 e. The Morgan fingerprint density at radius 1 is 1.38 bits per heavy atom. The van der Waals surface area contributed by atoms with Crippen LogP contribution in [-0.4, -0.2) is 15.5 Å². The van der Waals surface area contributed by atoms with Gasteiger partial charge in [-0.15, -0.1) is 11.3 Å². The molecule has 0 aliphatic heterocycles. The Kier molecular flexibility index (Phi) is 3.10. The first-order valence-electron chi connectivity index (χ1n) is 5.59. The SMILES string of the molecule is CCCC(C)(C)Nc1ncnc2sccc12. The third kappa shape index (κ3) is 2.32. The van der Waals surface area contributed by atoms with E-state index in [1.54, 1.807) is 17.7 Å². The standard InChI is InChI=1S/C12H17N3S/c1-4-6-12(2,3)15-10-9-5-7-16-11(9)14-8-13-10/h5,7-8H,4,6H2,1-3H3,(H,13,14,15). The number of nitrogens with zero attached hydrogens (tertiary/aromatic N) is 2. The van der Waals surface area contributed by atoms with Crippen LogP contribution in [0.25, 0.3) is 10.2 Å². The molecule has 0 atom stereocenters. The molecule has 1 N–H and O–H groups in total. The van der Waals surface area contributed by atoms with Gasteiger partial charge in [-0.05, 0) is 31.7 Å². The van der Waals surface area contributed by atoms with Crippen molar-refractivity contribution < 1.29 is 0 Å². The van der Waals surface area contributed by atoms with Gasteiger partial charge in [0.25, 0.3) is 0 Å². The zero-order valence-corrected chi connectivity index (χ0v) is 10.8. The van der Waals surface area contributed by atoms with Crippen molar-refractivity contribution in [1.29, 1.82) is 0 Å². The maximum atomic E-state index is 4.33. The van der Waals surface area contributed by atoms with Crippen LogP contribution in [0, 0.1) is 0 Å². The summed E-state index contributed by atoms with van der Waals surface area (Å²) in [7, 11) is 0. The molecule has 0 radical (unpaired) electrons.